The molecule has 0 aliphatic carbocycles. The fourth-order valence-corrected chi connectivity index (χ4v) is 4.14. The number of likely N-dealkylation sites (tertiary alicyclic amines) is 1. The molecule has 0 spiro atoms. The van der Waals surface area contributed by atoms with Crippen LogP contribution in [-0.4, -0.2) is 79.4 Å². The van der Waals surface area contributed by atoms with Crippen molar-refractivity contribution in [1.29, 1.82) is 0 Å². The van der Waals surface area contributed by atoms with Gasteiger partial charge >= 0.3 is 0 Å². The molecular weight excluding hydrogens is 306 g/mol. The second-order valence-corrected chi connectivity index (χ2v) is 8.12. The second-order valence-electron chi connectivity index (χ2n) is 5.87. The first-order valence-electron chi connectivity index (χ1n) is 7.93. The quantitative estimate of drug-likeness (QED) is 0.695. The predicted molar refractivity (Wildman–Crippen MR) is 82.6 cm³/mol. The van der Waals surface area contributed by atoms with Gasteiger partial charge in [0.2, 0.25) is 21.8 Å². The molecule has 2 aliphatic rings. The summed E-state index contributed by atoms with van der Waals surface area (Å²) in [5, 5.41) is 0. The molecule has 126 valence electrons. The van der Waals surface area contributed by atoms with Gasteiger partial charge in [0.25, 0.3) is 0 Å². The Bertz CT molecular complexity index is 526. The fraction of sp³-hybridized carbons (Fsp3) is 0.857. The van der Waals surface area contributed by atoms with Crippen molar-refractivity contribution in [2.24, 2.45) is 5.92 Å². The van der Waals surface area contributed by atoms with Gasteiger partial charge in [0, 0.05) is 45.7 Å². The molecule has 0 bridgehead atoms. The van der Waals surface area contributed by atoms with Crippen LogP contribution in [0.25, 0.3) is 0 Å². The topological polar surface area (TPSA) is 78.0 Å². The minimum absolute atomic E-state index is 0.0134. The van der Waals surface area contributed by atoms with E-state index in [-0.39, 0.29) is 29.9 Å². The number of rotatable bonds is 5. The highest BCUT2D eigenvalue weighted by atomic mass is 32.2. The zero-order valence-corrected chi connectivity index (χ0v) is 14.1. The van der Waals surface area contributed by atoms with Crippen LogP contribution in [0.5, 0.6) is 0 Å². The largest absolute Gasteiger partial charge is 0.342 e. The molecule has 2 aliphatic heterocycles. The van der Waals surface area contributed by atoms with Crippen LogP contribution in [-0.2, 0) is 19.6 Å². The molecule has 2 saturated heterocycles. The Kier molecular flexibility index (Phi) is 5.44. The normalized spacial score (nSPS) is 24.1. The predicted octanol–water partition coefficient (Wildman–Crippen LogP) is -0.261. The first kappa shape index (κ1) is 17.2. The first-order chi connectivity index (χ1) is 10.4. The fourth-order valence-electron chi connectivity index (χ4n) is 3.05. The number of sulfonamides is 1. The summed E-state index contributed by atoms with van der Waals surface area (Å²) in [7, 11) is -3.18. The lowest BCUT2D eigenvalue weighted by atomic mass is 10.1. The van der Waals surface area contributed by atoms with Gasteiger partial charge in [0.15, 0.2) is 0 Å². The molecule has 0 radical (unpaired) electrons. The van der Waals surface area contributed by atoms with Crippen molar-refractivity contribution < 1.29 is 18.0 Å². The standard InChI is InChI=1S/C14H25N3O4S/c1-3-5-16-11-12(10-13(16)18)14(19)15-6-8-17(9-7-15)22(20,21)4-2/h12H,3-11H2,1-2H3. The van der Waals surface area contributed by atoms with Gasteiger partial charge in [-0.15, -0.1) is 0 Å². The average molecular weight is 331 g/mol. The van der Waals surface area contributed by atoms with Crippen molar-refractivity contribution in [3.63, 3.8) is 0 Å². The maximum absolute atomic E-state index is 12.5. The first-order valence-corrected chi connectivity index (χ1v) is 9.54. The van der Waals surface area contributed by atoms with Crippen molar-refractivity contribution in [3.05, 3.63) is 0 Å². The molecule has 0 aromatic rings. The molecule has 0 saturated carbocycles. The van der Waals surface area contributed by atoms with E-state index in [1.165, 1.54) is 4.31 Å². The van der Waals surface area contributed by atoms with E-state index in [4.69, 9.17) is 0 Å². The van der Waals surface area contributed by atoms with E-state index in [1.807, 2.05) is 6.92 Å². The lowest BCUT2D eigenvalue weighted by molar-refractivity contribution is -0.137. The minimum atomic E-state index is -3.18. The molecule has 7 nitrogen and oxygen atoms in total. The van der Waals surface area contributed by atoms with Crippen LogP contribution in [0.1, 0.15) is 26.7 Å². The van der Waals surface area contributed by atoms with E-state index in [0.29, 0.717) is 39.3 Å². The summed E-state index contributed by atoms with van der Waals surface area (Å²) < 4.78 is 25.1. The van der Waals surface area contributed by atoms with Crippen molar-refractivity contribution in [2.45, 2.75) is 26.7 Å². The smallest absolute Gasteiger partial charge is 0.228 e. The van der Waals surface area contributed by atoms with Crippen LogP contribution in [0.3, 0.4) is 0 Å². The molecule has 8 heteroatoms. The molecule has 1 unspecified atom stereocenters. The van der Waals surface area contributed by atoms with E-state index >= 15 is 0 Å². The lowest BCUT2D eigenvalue weighted by Crippen LogP contribution is -2.52. The number of piperazine rings is 1. The molecule has 2 rings (SSSR count). The summed E-state index contributed by atoms with van der Waals surface area (Å²) in [6, 6.07) is 0. The summed E-state index contributed by atoms with van der Waals surface area (Å²) >= 11 is 0. The Morgan fingerprint density at radius 3 is 2.36 bits per heavy atom. The minimum Gasteiger partial charge on any atom is -0.342 e. The van der Waals surface area contributed by atoms with Gasteiger partial charge in [-0.1, -0.05) is 6.92 Å². The molecule has 2 amide bonds. The SMILES string of the molecule is CCCN1CC(C(=O)N2CCN(S(=O)(=O)CC)CC2)CC1=O. The molecular formula is C14H25N3O4S. The van der Waals surface area contributed by atoms with Gasteiger partial charge in [-0.05, 0) is 13.3 Å². The van der Waals surface area contributed by atoms with Gasteiger partial charge in [-0.2, -0.15) is 4.31 Å². The third-order valence-corrected chi connectivity index (χ3v) is 6.25. The molecule has 2 fully saturated rings. The Morgan fingerprint density at radius 2 is 1.82 bits per heavy atom. The highest BCUT2D eigenvalue weighted by molar-refractivity contribution is 7.89. The maximum atomic E-state index is 12.5. The van der Waals surface area contributed by atoms with Crippen molar-refractivity contribution >= 4 is 21.8 Å². The maximum Gasteiger partial charge on any atom is 0.228 e. The summed E-state index contributed by atoms with van der Waals surface area (Å²) in [5.41, 5.74) is 0. The monoisotopic (exact) mass is 331 g/mol. The molecule has 0 N–H and O–H groups in total. The zero-order valence-electron chi connectivity index (χ0n) is 13.3. The zero-order chi connectivity index (χ0) is 16.3. The Balaban J connectivity index is 1.89. The van der Waals surface area contributed by atoms with Crippen LogP contribution in [0.2, 0.25) is 0 Å². The molecule has 2 heterocycles. The Labute approximate surface area is 132 Å². The summed E-state index contributed by atoms with van der Waals surface area (Å²) in [6.07, 6.45) is 1.17. The number of carbonyl (C=O) groups excluding carboxylic acids is 2. The number of hydrogen-bond acceptors (Lipinski definition) is 4. The Hall–Kier alpha value is -1.15. The van der Waals surface area contributed by atoms with Crippen LogP contribution >= 0.6 is 0 Å². The van der Waals surface area contributed by atoms with Crippen molar-refractivity contribution in [1.82, 2.24) is 14.1 Å². The van der Waals surface area contributed by atoms with Crippen LogP contribution in [0.4, 0.5) is 0 Å². The van der Waals surface area contributed by atoms with Crippen LogP contribution < -0.4 is 0 Å². The summed E-state index contributed by atoms with van der Waals surface area (Å²) in [5.74, 6) is -0.148. The molecule has 0 aromatic heterocycles. The third-order valence-electron chi connectivity index (χ3n) is 4.37. The van der Waals surface area contributed by atoms with Crippen LogP contribution in [0, 0.1) is 5.92 Å². The third kappa shape index (κ3) is 3.60. The van der Waals surface area contributed by atoms with E-state index < -0.39 is 10.0 Å². The molecule has 22 heavy (non-hydrogen) atoms. The second kappa shape index (κ2) is 6.95. The summed E-state index contributed by atoms with van der Waals surface area (Å²) in [6.45, 7) is 6.36. The molecule has 1 atom stereocenters. The van der Waals surface area contributed by atoms with E-state index in [0.717, 1.165) is 6.42 Å². The van der Waals surface area contributed by atoms with Gasteiger partial charge in [-0.3, -0.25) is 9.59 Å². The number of nitrogens with zero attached hydrogens (tertiary/aromatic N) is 3. The Morgan fingerprint density at radius 1 is 1.18 bits per heavy atom. The van der Waals surface area contributed by atoms with E-state index in [9.17, 15) is 18.0 Å². The number of carbonyl (C=O) groups is 2. The van der Waals surface area contributed by atoms with Gasteiger partial charge in [-0.25, -0.2) is 8.42 Å². The highest BCUT2D eigenvalue weighted by Crippen LogP contribution is 2.21. The lowest BCUT2D eigenvalue weighted by Gasteiger charge is -2.35. The van der Waals surface area contributed by atoms with Gasteiger partial charge < -0.3 is 9.80 Å². The highest BCUT2D eigenvalue weighted by Gasteiger charge is 2.37. The average Bonchev–Trinajstić information content (AvgIpc) is 2.88. The number of hydrogen-bond donors (Lipinski definition) is 0. The van der Waals surface area contributed by atoms with Gasteiger partial charge in [0.05, 0.1) is 11.7 Å². The number of amides is 2. The molecule has 0 aromatic carbocycles. The summed E-state index contributed by atoms with van der Waals surface area (Å²) in [4.78, 5) is 27.8. The van der Waals surface area contributed by atoms with E-state index in [1.54, 1.807) is 16.7 Å². The van der Waals surface area contributed by atoms with Crippen molar-refractivity contribution in [3.8, 4) is 0 Å². The van der Waals surface area contributed by atoms with E-state index in [2.05, 4.69) is 0 Å². The van der Waals surface area contributed by atoms with Gasteiger partial charge in [0.1, 0.15) is 0 Å². The van der Waals surface area contributed by atoms with Crippen molar-refractivity contribution in [2.75, 3.05) is 45.0 Å². The van der Waals surface area contributed by atoms with Crippen LogP contribution in [0.15, 0.2) is 0 Å².